The van der Waals surface area contributed by atoms with Crippen LogP contribution in [0.15, 0.2) is 41.3 Å². The van der Waals surface area contributed by atoms with Crippen molar-refractivity contribution in [2.75, 3.05) is 26.5 Å². The van der Waals surface area contributed by atoms with E-state index in [9.17, 15) is 17.6 Å². The highest BCUT2D eigenvalue weighted by atomic mass is 32.2. The normalized spacial score (nSPS) is 11.4. The fourth-order valence-electron chi connectivity index (χ4n) is 2.08. The van der Waals surface area contributed by atoms with Gasteiger partial charge in [-0.15, -0.1) is 0 Å². The van der Waals surface area contributed by atoms with Gasteiger partial charge in [0.05, 0.1) is 17.7 Å². The predicted molar refractivity (Wildman–Crippen MR) is 93.0 cm³/mol. The number of rotatable bonds is 5. The van der Waals surface area contributed by atoms with Crippen molar-refractivity contribution in [1.29, 1.82) is 0 Å². The number of methoxy groups -OCH3 is 1. The van der Waals surface area contributed by atoms with Crippen molar-refractivity contribution in [2.45, 2.75) is 11.8 Å². The average Bonchev–Trinajstić information content (AvgIpc) is 2.57. The average molecular weight is 366 g/mol. The maximum atomic E-state index is 13.6. The van der Waals surface area contributed by atoms with E-state index in [4.69, 9.17) is 4.74 Å². The molecule has 134 valence electrons. The highest BCUT2D eigenvalue weighted by molar-refractivity contribution is 7.89. The van der Waals surface area contributed by atoms with Crippen molar-refractivity contribution in [3.8, 4) is 5.75 Å². The largest absolute Gasteiger partial charge is 0.495 e. The summed E-state index contributed by atoms with van der Waals surface area (Å²) in [4.78, 5) is 12.4. The zero-order valence-corrected chi connectivity index (χ0v) is 15.1. The second kappa shape index (κ2) is 7.20. The molecule has 1 N–H and O–H groups in total. The summed E-state index contributed by atoms with van der Waals surface area (Å²) in [5.41, 5.74) is 0.718. The van der Waals surface area contributed by atoms with E-state index < -0.39 is 21.7 Å². The van der Waals surface area contributed by atoms with Crippen molar-refractivity contribution >= 4 is 21.6 Å². The van der Waals surface area contributed by atoms with E-state index in [1.807, 2.05) is 0 Å². The molecule has 0 saturated carbocycles. The molecule has 0 aliphatic carbocycles. The van der Waals surface area contributed by atoms with Gasteiger partial charge >= 0.3 is 0 Å². The van der Waals surface area contributed by atoms with Gasteiger partial charge in [-0.25, -0.2) is 17.1 Å². The van der Waals surface area contributed by atoms with Crippen molar-refractivity contribution in [3.63, 3.8) is 0 Å². The molecule has 0 aliphatic heterocycles. The van der Waals surface area contributed by atoms with Crippen LogP contribution in [-0.2, 0) is 10.0 Å². The van der Waals surface area contributed by atoms with Crippen LogP contribution in [0, 0.1) is 12.7 Å². The summed E-state index contributed by atoms with van der Waals surface area (Å²) in [6.07, 6.45) is 0. The number of nitrogens with one attached hydrogen (secondary N) is 1. The minimum absolute atomic E-state index is 0.00341. The summed E-state index contributed by atoms with van der Waals surface area (Å²) in [5, 5.41) is 2.56. The van der Waals surface area contributed by atoms with Crippen LogP contribution in [-0.4, -0.2) is 39.8 Å². The number of benzene rings is 2. The van der Waals surface area contributed by atoms with Crippen LogP contribution in [0.2, 0.25) is 0 Å². The lowest BCUT2D eigenvalue weighted by atomic mass is 10.1. The van der Waals surface area contributed by atoms with E-state index in [1.165, 1.54) is 51.5 Å². The van der Waals surface area contributed by atoms with E-state index in [0.29, 0.717) is 11.3 Å². The lowest BCUT2D eigenvalue weighted by molar-refractivity contribution is 0.102. The third-order valence-electron chi connectivity index (χ3n) is 3.63. The summed E-state index contributed by atoms with van der Waals surface area (Å²) in [5.74, 6) is -0.779. The number of sulfonamides is 1. The van der Waals surface area contributed by atoms with Gasteiger partial charge in [-0.3, -0.25) is 4.79 Å². The number of ether oxygens (including phenoxy) is 1. The lowest BCUT2D eigenvalue weighted by Crippen LogP contribution is -2.22. The molecule has 0 unspecified atom stereocenters. The zero-order chi connectivity index (χ0) is 18.8. The Morgan fingerprint density at radius 2 is 1.84 bits per heavy atom. The van der Waals surface area contributed by atoms with Crippen molar-refractivity contribution in [1.82, 2.24) is 4.31 Å². The number of amides is 1. The Morgan fingerprint density at radius 3 is 2.40 bits per heavy atom. The summed E-state index contributed by atoms with van der Waals surface area (Å²) < 4.78 is 44.4. The molecule has 25 heavy (non-hydrogen) atoms. The molecule has 2 aromatic rings. The maximum absolute atomic E-state index is 13.6. The third kappa shape index (κ3) is 3.97. The first-order chi connectivity index (χ1) is 11.7. The van der Waals surface area contributed by atoms with Gasteiger partial charge in [0.1, 0.15) is 11.6 Å². The highest BCUT2D eigenvalue weighted by Crippen LogP contribution is 2.29. The maximum Gasteiger partial charge on any atom is 0.255 e. The number of nitrogens with zero attached hydrogens (tertiary/aromatic N) is 1. The number of anilines is 1. The van der Waals surface area contributed by atoms with E-state index in [2.05, 4.69) is 5.32 Å². The van der Waals surface area contributed by atoms with Crippen LogP contribution in [0.25, 0.3) is 0 Å². The molecule has 0 saturated heterocycles. The number of carbonyl (C=O) groups excluding carboxylic acids is 1. The van der Waals surface area contributed by atoms with Gasteiger partial charge in [-0.1, -0.05) is 6.07 Å². The molecule has 2 rings (SSSR count). The highest BCUT2D eigenvalue weighted by Gasteiger charge is 2.20. The Morgan fingerprint density at radius 1 is 1.16 bits per heavy atom. The summed E-state index contributed by atoms with van der Waals surface area (Å²) >= 11 is 0. The Bertz CT molecular complexity index is 911. The van der Waals surface area contributed by atoms with Gasteiger partial charge in [-0.2, -0.15) is 0 Å². The molecule has 0 aromatic heterocycles. The first-order valence-corrected chi connectivity index (χ1v) is 8.79. The summed E-state index contributed by atoms with van der Waals surface area (Å²) in [6, 6.07) is 8.24. The van der Waals surface area contributed by atoms with E-state index in [0.717, 1.165) is 10.4 Å². The van der Waals surface area contributed by atoms with Crippen molar-refractivity contribution in [2.24, 2.45) is 0 Å². The van der Waals surface area contributed by atoms with Gasteiger partial charge in [0.2, 0.25) is 10.0 Å². The fourth-order valence-corrected chi connectivity index (χ4v) is 3.01. The first kappa shape index (κ1) is 18.9. The van der Waals surface area contributed by atoms with Crippen LogP contribution in [0.3, 0.4) is 0 Å². The molecule has 0 heterocycles. The first-order valence-electron chi connectivity index (χ1n) is 7.35. The van der Waals surface area contributed by atoms with Crippen molar-refractivity contribution < 1.29 is 22.3 Å². The molecule has 0 bridgehead atoms. The molecule has 8 heteroatoms. The Kier molecular flexibility index (Phi) is 5.44. The second-order valence-corrected chi connectivity index (χ2v) is 7.72. The van der Waals surface area contributed by atoms with Crippen LogP contribution >= 0.6 is 0 Å². The minimum atomic E-state index is -3.67. The number of hydrogen-bond donors (Lipinski definition) is 1. The monoisotopic (exact) mass is 366 g/mol. The lowest BCUT2D eigenvalue weighted by Gasteiger charge is -2.15. The summed E-state index contributed by atoms with van der Waals surface area (Å²) in [6.45, 7) is 1.59. The van der Waals surface area contributed by atoms with Crippen LogP contribution in [0.5, 0.6) is 5.75 Å². The van der Waals surface area contributed by atoms with Crippen LogP contribution < -0.4 is 10.1 Å². The molecular weight excluding hydrogens is 347 g/mol. The number of halogens is 1. The predicted octanol–water partition coefficient (Wildman–Crippen LogP) is 2.65. The smallest absolute Gasteiger partial charge is 0.255 e. The fraction of sp³-hybridized carbons (Fsp3) is 0.235. The third-order valence-corrected chi connectivity index (χ3v) is 5.44. The van der Waals surface area contributed by atoms with Gasteiger partial charge in [0, 0.05) is 19.7 Å². The number of aryl methyl sites for hydroxylation is 1. The molecule has 6 nitrogen and oxygen atoms in total. The quantitative estimate of drug-likeness (QED) is 0.883. The molecular formula is C17H19FN2O4S. The molecule has 0 radical (unpaired) electrons. The molecule has 1 amide bonds. The minimum Gasteiger partial charge on any atom is -0.495 e. The van der Waals surface area contributed by atoms with Crippen LogP contribution in [0.4, 0.5) is 10.1 Å². The Hall–Kier alpha value is -2.45. The SMILES string of the molecule is COc1ccc(S(=O)(=O)N(C)C)cc1NC(=O)c1ccc(C)c(F)c1. The Labute approximate surface area is 146 Å². The Balaban J connectivity index is 2.40. The molecule has 0 spiro atoms. The van der Waals surface area contributed by atoms with E-state index in [1.54, 1.807) is 6.92 Å². The standard InChI is InChI=1S/C17H19FN2O4S/c1-11-5-6-12(9-14(11)18)17(21)19-15-10-13(7-8-16(15)24-4)25(22,23)20(2)3/h5-10H,1-4H3,(H,19,21). The number of hydrogen-bond acceptors (Lipinski definition) is 4. The topological polar surface area (TPSA) is 75.7 Å². The van der Waals surface area contributed by atoms with Gasteiger partial charge in [-0.05, 0) is 42.8 Å². The van der Waals surface area contributed by atoms with E-state index in [-0.39, 0.29) is 16.1 Å². The second-order valence-electron chi connectivity index (χ2n) is 5.57. The van der Waals surface area contributed by atoms with Gasteiger partial charge < -0.3 is 10.1 Å². The molecule has 0 atom stereocenters. The summed E-state index contributed by atoms with van der Waals surface area (Å²) in [7, 11) is 0.548. The van der Waals surface area contributed by atoms with Gasteiger partial charge in [0.25, 0.3) is 5.91 Å². The molecule has 2 aromatic carbocycles. The molecule has 0 aliphatic rings. The van der Waals surface area contributed by atoms with Crippen molar-refractivity contribution in [3.05, 3.63) is 53.3 Å². The molecule has 0 fully saturated rings. The number of carbonyl (C=O) groups is 1. The van der Waals surface area contributed by atoms with E-state index >= 15 is 0 Å². The van der Waals surface area contributed by atoms with Crippen LogP contribution in [0.1, 0.15) is 15.9 Å². The zero-order valence-electron chi connectivity index (χ0n) is 14.3. The van der Waals surface area contributed by atoms with Gasteiger partial charge in [0.15, 0.2) is 0 Å².